The minimum atomic E-state index is 0.133. The first kappa shape index (κ1) is 10.9. The molecule has 0 amide bonds. The fourth-order valence-electron chi connectivity index (χ4n) is 0.452. The Hall–Kier alpha value is -0.110. The first-order chi connectivity index (χ1) is 5.22. The topological polar surface area (TPSA) is 20.2 Å². The SMILES string of the molecule is ClCCl.Oc1ccccc1Cl. The van der Waals surface area contributed by atoms with Gasteiger partial charge in [-0.2, -0.15) is 0 Å². The first-order valence-corrected chi connectivity index (χ1v) is 4.22. The van der Waals surface area contributed by atoms with E-state index in [4.69, 9.17) is 39.9 Å². The van der Waals surface area contributed by atoms with Gasteiger partial charge in [0.1, 0.15) is 5.75 Å². The molecule has 0 aliphatic carbocycles. The van der Waals surface area contributed by atoms with Crippen LogP contribution in [0.1, 0.15) is 0 Å². The molecule has 1 aromatic rings. The number of rotatable bonds is 0. The number of hydrogen-bond donors (Lipinski definition) is 1. The zero-order valence-corrected chi connectivity index (χ0v) is 7.87. The van der Waals surface area contributed by atoms with Crippen LogP contribution < -0.4 is 0 Å². The normalized spacial score (nSPS) is 8.27. The molecule has 0 heterocycles. The smallest absolute Gasteiger partial charge is 0.134 e. The van der Waals surface area contributed by atoms with Crippen LogP contribution in [0.2, 0.25) is 5.02 Å². The molecule has 0 aromatic heterocycles. The molecule has 1 N–H and O–H groups in total. The summed E-state index contributed by atoms with van der Waals surface area (Å²) in [6.07, 6.45) is 0. The van der Waals surface area contributed by atoms with E-state index in [9.17, 15) is 0 Å². The van der Waals surface area contributed by atoms with Crippen molar-refractivity contribution in [3.8, 4) is 5.75 Å². The molecule has 0 aliphatic rings. The summed E-state index contributed by atoms with van der Waals surface area (Å²) in [5.41, 5.74) is 0. The first-order valence-electron chi connectivity index (χ1n) is 2.77. The summed E-state index contributed by atoms with van der Waals surface area (Å²) >= 11 is 15.0. The summed E-state index contributed by atoms with van der Waals surface area (Å²) in [6, 6.07) is 6.67. The molecule has 0 radical (unpaired) electrons. The van der Waals surface area contributed by atoms with Crippen LogP contribution in [-0.2, 0) is 0 Å². The van der Waals surface area contributed by atoms with E-state index in [2.05, 4.69) is 0 Å². The van der Waals surface area contributed by atoms with Gasteiger partial charge >= 0.3 is 0 Å². The summed E-state index contributed by atoms with van der Waals surface area (Å²) in [6.45, 7) is 0. The van der Waals surface area contributed by atoms with Gasteiger partial charge in [0.05, 0.1) is 10.4 Å². The van der Waals surface area contributed by atoms with Gasteiger partial charge in [-0.3, -0.25) is 0 Å². The minimum absolute atomic E-state index is 0.133. The van der Waals surface area contributed by atoms with Gasteiger partial charge in [-0.15, -0.1) is 23.2 Å². The average Bonchev–Trinajstić information content (AvgIpc) is 1.97. The number of para-hydroxylation sites is 1. The zero-order chi connectivity index (χ0) is 8.69. The lowest BCUT2D eigenvalue weighted by molar-refractivity contribution is 0.475. The van der Waals surface area contributed by atoms with Crippen molar-refractivity contribution >= 4 is 34.8 Å². The summed E-state index contributed by atoms with van der Waals surface area (Å²) in [7, 11) is 0. The van der Waals surface area contributed by atoms with Crippen molar-refractivity contribution in [2.75, 3.05) is 5.34 Å². The molecule has 4 heteroatoms. The molecule has 0 saturated heterocycles. The molecule has 0 saturated carbocycles. The van der Waals surface area contributed by atoms with Gasteiger partial charge < -0.3 is 5.11 Å². The van der Waals surface area contributed by atoms with Gasteiger partial charge in [0, 0.05) is 0 Å². The Bertz CT molecular complexity index is 182. The number of halogens is 3. The quantitative estimate of drug-likeness (QED) is 0.654. The van der Waals surface area contributed by atoms with Crippen LogP contribution in [0.25, 0.3) is 0 Å². The van der Waals surface area contributed by atoms with Crippen molar-refractivity contribution in [3.05, 3.63) is 29.3 Å². The number of aromatic hydroxyl groups is 1. The van der Waals surface area contributed by atoms with Crippen molar-refractivity contribution in [3.63, 3.8) is 0 Å². The standard InChI is InChI=1S/C6H5ClO.CH2Cl2/c7-5-3-1-2-4-6(5)8;2-1-3/h1-4,8H;1H2. The van der Waals surface area contributed by atoms with Crippen molar-refractivity contribution in [2.45, 2.75) is 0 Å². The highest BCUT2D eigenvalue weighted by molar-refractivity contribution is 6.40. The minimum Gasteiger partial charge on any atom is -0.506 e. The molecular formula is C7H7Cl3O. The number of phenolic OH excluding ortho intramolecular Hbond substituents is 1. The van der Waals surface area contributed by atoms with Crippen LogP contribution >= 0.6 is 34.8 Å². The zero-order valence-electron chi connectivity index (χ0n) is 5.60. The van der Waals surface area contributed by atoms with E-state index in [1.165, 1.54) is 0 Å². The lowest BCUT2D eigenvalue weighted by Gasteiger charge is -1.89. The lowest BCUT2D eigenvalue weighted by Crippen LogP contribution is -1.62. The number of benzene rings is 1. The molecule has 0 atom stereocenters. The second-order valence-electron chi connectivity index (χ2n) is 1.55. The maximum Gasteiger partial charge on any atom is 0.134 e. The monoisotopic (exact) mass is 212 g/mol. The molecule has 0 aliphatic heterocycles. The fourth-order valence-corrected chi connectivity index (χ4v) is 0.587. The summed E-state index contributed by atoms with van der Waals surface area (Å²) in [4.78, 5) is 0. The molecule has 1 aromatic carbocycles. The Morgan fingerprint density at radius 3 is 1.91 bits per heavy atom. The molecule has 0 spiro atoms. The second kappa shape index (κ2) is 6.59. The molecule has 0 unspecified atom stereocenters. The van der Waals surface area contributed by atoms with Crippen molar-refractivity contribution in [1.82, 2.24) is 0 Å². The predicted molar refractivity (Wildman–Crippen MR) is 49.7 cm³/mol. The largest absolute Gasteiger partial charge is 0.506 e. The maximum atomic E-state index is 8.79. The van der Waals surface area contributed by atoms with Gasteiger partial charge in [0.25, 0.3) is 0 Å². The van der Waals surface area contributed by atoms with Crippen LogP contribution in [-0.4, -0.2) is 10.4 Å². The second-order valence-corrected chi connectivity index (χ2v) is 2.77. The highest BCUT2D eigenvalue weighted by Gasteiger charge is 1.89. The van der Waals surface area contributed by atoms with E-state index < -0.39 is 0 Å². The number of alkyl halides is 2. The summed E-state index contributed by atoms with van der Waals surface area (Å²) < 4.78 is 0. The number of phenols is 1. The molecule has 1 rings (SSSR count). The van der Waals surface area contributed by atoms with Crippen molar-refractivity contribution in [1.29, 1.82) is 0 Å². The number of hydrogen-bond acceptors (Lipinski definition) is 1. The highest BCUT2D eigenvalue weighted by atomic mass is 35.5. The Balaban J connectivity index is 0.000000292. The van der Waals surface area contributed by atoms with Gasteiger partial charge in [-0.1, -0.05) is 23.7 Å². The maximum absolute atomic E-state index is 8.79. The van der Waals surface area contributed by atoms with Crippen molar-refractivity contribution < 1.29 is 5.11 Å². The predicted octanol–water partition coefficient (Wildman–Crippen LogP) is 3.47. The Labute approximate surface area is 80.5 Å². The molecule has 1 nitrogen and oxygen atoms in total. The van der Waals surface area contributed by atoms with Crippen LogP contribution in [0.5, 0.6) is 5.75 Å². The summed E-state index contributed by atoms with van der Waals surface area (Å²) in [5.74, 6) is 0.133. The molecule has 11 heavy (non-hydrogen) atoms. The van der Waals surface area contributed by atoms with Gasteiger partial charge in [0.15, 0.2) is 0 Å². The Morgan fingerprint density at radius 1 is 1.18 bits per heavy atom. The van der Waals surface area contributed by atoms with Crippen LogP contribution in [0.3, 0.4) is 0 Å². The average molecular weight is 213 g/mol. The van der Waals surface area contributed by atoms with Crippen LogP contribution in [0, 0.1) is 0 Å². The van der Waals surface area contributed by atoms with E-state index in [0.717, 1.165) is 0 Å². The third-order valence-corrected chi connectivity index (χ3v) is 1.17. The molecule has 0 bridgehead atoms. The van der Waals surface area contributed by atoms with E-state index in [0.29, 0.717) is 5.02 Å². The molecular weight excluding hydrogens is 206 g/mol. The molecule has 0 fully saturated rings. The van der Waals surface area contributed by atoms with E-state index >= 15 is 0 Å². The Morgan fingerprint density at radius 2 is 1.64 bits per heavy atom. The van der Waals surface area contributed by atoms with Gasteiger partial charge in [-0.05, 0) is 12.1 Å². The third kappa shape index (κ3) is 5.19. The van der Waals surface area contributed by atoms with Crippen LogP contribution in [0.15, 0.2) is 24.3 Å². The highest BCUT2D eigenvalue weighted by Crippen LogP contribution is 2.20. The Kier molecular flexibility index (Phi) is 6.52. The lowest BCUT2D eigenvalue weighted by atomic mass is 10.3. The van der Waals surface area contributed by atoms with Crippen molar-refractivity contribution in [2.24, 2.45) is 0 Å². The third-order valence-electron chi connectivity index (χ3n) is 0.852. The van der Waals surface area contributed by atoms with Gasteiger partial charge in [-0.25, -0.2) is 0 Å². The summed E-state index contributed by atoms with van der Waals surface area (Å²) in [5, 5.41) is 9.38. The molecule has 62 valence electrons. The van der Waals surface area contributed by atoms with Gasteiger partial charge in [0.2, 0.25) is 0 Å². The van der Waals surface area contributed by atoms with E-state index in [-0.39, 0.29) is 11.1 Å². The van der Waals surface area contributed by atoms with Crippen LogP contribution in [0.4, 0.5) is 0 Å². The van der Waals surface area contributed by atoms with E-state index in [1.54, 1.807) is 24.3 Å². The van der Waals surface area contributed by atoms with E-state index in [1.807, 2.05) is 0 Å². The fraction of sp³-hybridized carbons (Fsp3) is 0.143.